The summed E-state index contributed by atoms with van der Waals surface area (Å²) in [6.07, 6.45) is 1.91. The van der Waals surface area contributed by atoms with Crippen molar-refractivity contribution in [3.05, 3.63) is 35.9 Å². The maximum atomic E-state index is 12.2. The molecule has 1 aliphatic carbocycles. The van der Waals surface area contributed by atoms with Crippen LogP contribution in [0.2, 0.25) is 0 Å². The minimum atomic E-state index is -0.489. The minimum absolute atomic E-state index is 0.0967. The van der Waals surface area contributed by atoms with Crippen LogP contribution in [-0.2, 0) is 19.9 Å². The van der Waals surface area contributed by atoms with E-state index in [0.29, 0.717) is 6.61 Å². The van der Waals surface area contributed by atoms with Crippen LogP contribution in [0, 0.1) is 11.8 Å². The Bertz CT molecular complexity index is 503. The molecule has 2 aliphatic rings. The van der Waals surface area contributed by atoms with Gasteiger partial charge in [0.2, 0.25) is 0 Å². The summed E-state index contributed by atoms with van der Waals surface area (Å²) in [5, 5.41) is 0. The number of cyclic esters (lactones) is 1. The molecule has 0 aromatic heterocycles. The summed E-state index contributed by atoms with van der Waals surface area (Å²) in [5.41, 5.74) is 0.322. The third kappa shape index (κ3) is 2.14. The topological polar surface area (TPSA) is 35.5 Å². The molecule has 1 aliphatic heterocycles. The standard InChI is InChI=1S/C17H22O3/c1-16(2,3)20-17(12-8-5-4-6-9-12)13-10-7-11-19-15(18)14(13)17/h4-6,8-9,13-14H,7,10-11H2,1-3H3/t13-,14-,17+/m0/s1. The van der Waals surface area contributed by atoms with E-state index in [-0.39, 0.29) is 23.4 Å². The molecule has 0 amide bonds. The van der Waals surface area contributed by atoms with E-state index < -0.39 is 5.60 Å². The molecule has 3 atom stereocenters. The van der Waals surface area contributed by atoms with E-state index >= 15 is 0 Å². The number of carbonyl (C=O) groups excluding carboxylic acids is 1. The van der Waals surface area contributed by atoms with Crippen molar-refractivity contribution in [3.8, 4) is 0 Å². The number of esters is 1. The van der Waals surface area contributed by atoms with Gasteiger partial charge in [0.25, 0.3) is 0 Å². The second kappa shape index (κ2) is 4.59. The van der Waals surface area contributed by atoms with Gasteiger partial charge in [0.15, 0.2) is 0 Å². The number of benzene rings is 1. The van der Waals surface area contributed by atoms with Crippen molar-refractivity contribution in [1.29, 1.82) is 0 Å². The maximum absolute atomic E-state index is 12.2. The second-order valence-electron chi connectivity index (χ2n) is 6.77. The van der Waals surface area contributed by atoms with Crippen molar-refractivity contribution in [2.75, 3.05) is 6.61 Å². The van der Waals surface area contributed by atoms with Crippen molar-refractivity contribution in [2.24, 2.45) is 11.8 Å². The zero-order chi connectivity index (χ0) is 14.4. The van der Waals surface area contributed by atoms with E-state index in [2.05, 4.69) is 12.1 Å². The molecule has 2 fully saturated rings. The Morgan fingerprint density at radius 3 is 2.60 bits per heavy atom. The largest absolute Gasteiger partial charge is 0.465 e. The lowest BCUT2D eigenvalue weighted by molar-refractivity contribution is -0.152. The summed E-state index contributed by atoms with van der Waals surface area (Å²) in [7, 11) is 0. The fraction of sp³-hybridized carbons (Fsp3) is 0.588. The zero-order valence-corrected chi connectivity index (χ0v) is 12.4. The summed E-state index contributed by atoms with van der Waals surface area (Å²) < 4.78 is 11.7. The Kier molecular flexibility index (Phi) is 3.13. The lowest BCUT2D eigenvalue weighted by Crippen LogP contribution is -2.32. The number of hydrogen-bond acceptors (Lipinski definition) is 3. The van der Waals surface area contributed by atoms with Crippen LogP contribution in [0.5, 0.6) is 0 Å². The van der Waals surface area contributed by atoms with Gasteiger partial charge < -0.3 is 9.47 Å². The van der Waals surface area contributed by atoms with Gasteiger partial charge in [0.05, 0.1) is 18.1 Å². The Morgan fingerprint density at radius 1 is 1.25 bits per heavy atom. The van der Waals surface area contributed by atoms with E-state index in [1.807, 2.05) is 39.0 Å². The minimum Gasteiger partial charge on any atom is -0.465 e. The highest BCUT2D eigenvalue weighted by atomic mass is 16.6. The number of carbonyl (C=O) groups is 1. The number of rotatable bonds is 2. The average molecular weight is 274 g/mol. The molecule has 1 aromatic rings. The van der Waals surface area contributed by atoms with Gasteiger partial charge in [-0.25, -0.2) is 0 Å². The molecular formula is C17H22O3. The molecule has 3 rings (SSSR count). The summed E-state index contributed by atoms with van der Waals surface area (Å²) >= 11 is 0. The highest BCUT2D eigenvalue weighted by molar-refractivity contribution is 5.80. The third-order valence-electron chi connectivity index (χ3n) is 4.16. The summed E-state index contributed by atoms with van der Waals surface area (Å²) in [5.74, 6) is 0.00588. The lowest BCUT2D eigenvalue weighted by atomic mass is 10.0. The van der Waals surface area contributed by atoms with Crippen molar-refractivity contribution >= 4 is 5.97 Å². The monoisotopic (exact) mass is 274 g/mol. The number of hydrogen-bond donors (Lipinski definition) is 0. The smallest absolute Gasteiger partial charge is 0.312 e. The van der Waals surface area contributed by atoms with Gasteiger partial charge in [-0.2, -0.15) is 0 Å². The first-order chi connectivity index (χ1) is 9.45. The Morgan fingerprint density at radius 2 is 1.95 bits per heavy atom. The number of fused-ring (bicyclic) bond motifs is 1. The van der Waals surface area contributed by atoms with Crippen LogP contribution < -0.4 is 0 Å². The van der Waals surface area contributed by atoms with Crippen molar-refractivity contribution < 1.29 is 14.3 Å². The van der Waals surface area contributed by atoms with Crippen molar-refractivity contribution in [1.82, 2.24) is 0 Å². The zero-order valence-electron chi connectivity index (χ0n) is 12.4. The summed E-state index contributed by atoms with van der Waals surface area (Å²) in [4.78, 5) is 12.2. The van der Waals surface area contributed by atoms with Gasteiger partial charge in [0.1, 0.15) is 5.60 Å². The van der Waals surface area contributed by atoms with E-state index in [9.17, 15) is 4.79 Å². The predicted molar refractivity (Wildman–Crippen MR) is 76.1 cm³/mol. The van der Waals surface area contributed by atoms with Gasteiger partial charge in [-0.3, -0.25) is 4.79 Å². The molecule has 0 spiro atoms. The maximum Gasteiger partial charge on any atom is 0.312 e. The quantitative estimate of drug-likeness (QED) is 0.776. The Labute approximate surface area is 120 Å². The molecule has 3 heteroatoms. The van der Waals surface area contributed by atoms with Crippen molar-refractivity contribution in [3.63, 3.8) is 0 Å². The van der Waals surface area contributed by atoms with Crippen LogP contribution in [-0.4, -0.2) is 18.2 Å². The van der Waals surface area contributed by atoms with Crippen LogP contribution in [0.25, 0.3) is 0 Å². The summed E-state index contributed by atoms with van der Waals surface area (Å²) in [6, 6.07) is 10.1. The molecule has 0 unspecified atom stereocenters. The van der Waals surface area contributed by atoms with Crippen LogP contribution in [0.3, 0.4) is 0 Å². The van der Waals surface area contributed by atoms with Gasteiger partial charge in [-0.15, -0.1) is 0 Å². The van der Waals surface area contributed by atoms with Crippen LogP contribution >= 0.6 is 0 Å². The third-order valence-corrected chi connectivity index (χ3v) is 4.16. The number of ether oxygens (including phenoxy) is 2. The second-order valence-corrected chi connectivity index (χ2v) is 6.77. The van der Waals surface area contributed by atoms with Gasteiger partial charge in [-0.1, -0.05) is 30.3 Å². The van der Waals surface area contributed by atoms with E-state index in [1.54, 1.807) is 0 Å². The molecule has 1 heterocycles. The van der Waals surface area contributed by atoms with Gasteiger partial charge >= 0.3 is 5.97 Å². The van der Waals surface area contributed by atoms with Crippen LogP contribution in [0.4, 0.5) is 0 Å². The van der Waals surface area contributed by atoms with Gasteiger partial charge in [-0.05, 0) is 39.2 Å². The average Bonchev–Trinajstić information content (AvgIpc) is 3.06. The molecule has 0 radical (unpaired) electrons. The normalized spacial score (nSPS) is 33.0. The highest BCUT2D eigenvalue weighted by Crippen LogP contribution is 2.65. The first-order valence-electron chi connectivity index (χ1n) is 7.37. The lowest BCUT2D eigenvalue weighted by Gasteiger charge is -2.30. The highest BCUT2D eigenvalue weighted by Gasteiger charge is 2.72. The first kappa shape index (κ1) is 13.6. The van der Waals surface area contributed by atoms with Crippen molar-refractivity contribution in [2.45, 2.75) is 44.8 Å². The van der Waals surface area contributed by atoms with E-state index in [1.165, 1.54) is 0 Å². The van der Waals surface area contributed by atoms with Gasteiger partial charge in [0, 0.05) is 5.92 Å². The van der Waals surface area contributed by atoms with Crippen LogP contribution in [0.1, 0.15) is 39.2 Å². The molecular weight excluding hydrogens is 252 g/mol. The first-order valence-corrected chi connectivity index (χ1v) is 7.37. The molecule has 1 saturated carbocycles. The Hall–Kier alpha value is -1.35. The fourth-order valence-electron chi connectivity index (χ4n) is 3.52. The molecule has 20 heavy (non-hydrogen) atoms. The molecule has 1 saturated heterocycles. The molecule has 108 valence electrons. The SMILES string of the molecule is CC(C)(C)O[C@@]1(c2ccccc2)[C@@H]2C(=O)OCCC[C@@H]21. The molecule has 0 bridgehead atoms. The molecule has 3 nitrogen and oxygen atoms in total. The Balaban J connectivity index is 2.01. The fourth-order valence-corrected chi connectivity index (χ4v) is 3.52. The molecule has 0 N–H and O–H groups in total. The van der Waals surface area contributed by atoms with E-state index in [0.717, 1.165) is 18.4 Å². The summed E-state index contributed by atoms with van der Waals surface area (Å²) in [6.45, 7) is 6.68. The molecule has 1 aromatic carbocycles. The van der Waals surface area contributed by atoms with Crippen LogP contribution in [0.15, 0.2) is 30.3 Å². The predicted octanol–water partition coefficient (Wildman–Crippen LogP) is 3.28. The van der Waals surface area contributed by atoms with E-state index in [4.69, 9.17) is 9.47 Å².